The fourth-order valence-electron chi connectivity index (χ4n) is 5.14. The van der Waals surface area contributed by atoms with E-state index in [2.05, 4.69) is 19.2 Å². The number of nitrogens with zero attached hydrogens (tertiary/aromatic N) is 1. The van der Waals surface area contributed by atoms with Gasteiger partial charge in [-0.05, 0) is 41.3 Å². The number of hydrogen-bond donors (Lipinski definition) is 1. The first-order valence-corrected chi connectivity index (χ1v) is 12.1. The van der Waals surface area contributed by atoms with Crippen LogP contribution in [0, 0.1) is 11.8 Å². The standard InChI is InChI=1S/C25H32N2O3S/c1-16-8-6-11-20(17(16)2)26-24(28)22-18-9-4-5-10-19(18)25(29)27(13-14-30-3)23(22)21-12-7-15-31-21/h4-5,7,9-10,12,15-17,20,22-23H,6,8,11,13-14H2,1-3H3,(H,26,28). The smallest absolute Gasteiger partial charge is 0.254 e. The van der Waals surface area contributed by atoms with Gasteiger partial charge in [0.2, 0.25) is 5.91 Å². The summed E-state index contributed by atoms with van der Waals surface area (Å²) in [5, 5.41) is 5.40. The Kier molecular flexibility index (Phi) is 6.77. The molecule has 2 aliphatic rings. The number of hydrogen-bond acceptors (Lipinski definition) is 4. The molecule has 0 saturated heterocycles. The van der Waals surface area contributed by atoms with Crippen LogP contribution in [0.1, 0.15) is 65.9 Å². The highest BCUT2D eigenvalue weighted by atomic mass is 32.1. The van der Waals surface area contributed by atoms with E-state index in [0.717, 1.165) is 23.3 Å². The molecule has 2 aromatic rings. The zero-order valence-corrected chi connectivity index (χ0v) is 19.4. The SMILES string of the molecule is COCCN1C(=O)c2ccccc2C(C(=O)NC2CCCC(C)C2C)C1c1cccs1. The Hall–Kier alpha value is -2.18. The van der Waals surface area contributed by atoms with E-state index in [1.807, 2.05) is 46.7 Å². The van der Waals surface area contributed by atoms with Crippen LogP contribution >= 0.6 is 11.3 Å². The lowest BCUT2D eigenvalue weighted by Gasteiger charge is -2.42. The maximum Gasteiger partial charge on any atom is 0.254 e. The number of fused-ring (bicyclic) bond motifs is 1. The van der Waals surface area contributed by atoms with Crippen molar-refractivity contribution in [3.8, 4) is 0 Å². The Bertz CT molecular complexity index is 913. The van der Waals surface area contributed by atoms with Gasteiger partial charge in [0.1, 0.15) is 0 Å². The number of nitrogens with one attached hydrogen (secondary N) is 1. The lowest BCUT2D eigenvalue weighted by Crippen LogP contribution is -2.51. The summed E-state index contributed by atoms with van der Waals surface area (Å²) in [6, 6.07) is 11.4. The highest BCUT2D eigenvalue weighted by Crippen LogP contribution is 2.44. The lowest BCUT2D eigenvalue weighted by molar-refractivity contribution is -0.125. The van der Waals surface area contributed by atoms with Crippen LogP contribution in [0.25, 0.3) is 0 Å². The number of amides is 2. The first-order chi connectivity index (χ1) is 15.0. The number of benzene rings is 1. The molecule has 1 aliphatic carbocycles. The van der Waals surface area contributed by atoms with E-state index in [1.165, 1.54) is 6.42 Å². The van der Waals surface area contributed by atoms with Gasteiger partial charge in [-0.1, -0.05) is 51.0 Å². The molecule has 1 aromatic heterocycles. The second kappa shape index (κ2) is 9.53. The molecular formula is C25H32N2O3S. The van der Waals surface area contributed by atoms with Gasteiger partial charge in [-0.2, -0.15) is 0 Å². The number of rotatable bonds is 6. The largest absolute Gasteiger partial charge is 0.383 e. The van der Waals surface area contributed by atoms with Crippen molar-refractivity contribution in [2.24, 2.45) is 11.8 Å². The molecule has 1 saturated carbocycles. The van der Waals surface area contributed by atoms with Crippen molar-refractivity contribution >= 4 is 23.2 Å². The van der Waals surface area contributed by atoms with Crippen LogP contribution in [0.3, 0.4) is 0 Å². The van der Waals surface area contributed by atoms with Gasteiger partial charge in [0.25, 0.3) is 5.91 Å². The van der Waals surface area contributed by atoms with Crippen LogP contribution in [0.5, 0.6) is 0 Å². The topological polar surface area (TPSA) is 58.6 Å². The molecule has 1 aromatic carbocycles. The maximum atomic E-state index is 13.8. The van der Waals surface area contributed by atoms with E-state index in [-0.39, 0.29) is 23.9 Å². The molecule has 5 unspecified atom stereocenters. The van der Waals surface area contributed by atoms with Crippen LogP contribution in [0.15, 0.2) is 41.8 Å². The number of thiophene rings is 1. The molecule has 5 nitrogen and oxygen atoms in total. The van der Waals surface area contributed by atoms with Gasteiger partial charge in [-0.25, -0.2) is 0 Å². The Morgan fingerprint density at radius 3 is 2.74 bits per heavy atom. The van der Waals surface area contributed by atoms with E-state index < -0.39 is 5.92 Å². The molecule has 0 spiro atoms. The molecule has 166 valence electrons. The van der Waals surface area contributed by atoms with E-state index in [1.54, 1.807) is 18.4 Å². The van der Waals surface area contributed by atoms with Crippen LogP contribution in [0.2, 0.25) is 0 Å². The molecule has 1 N–H and O–H groups in total. The third-order valence-electron chi connectivity index (χ3n) is 7.13. The summed E-state index contributed by atoms with van der Waals surface area (Å²) in [5.74, 6) is 0.601. The van der Waals surface area contributed by atoms with Gasteiger partial charge in [0, 0.05) is 30.1 Å². The molecule has 31 heavy (non-hydrogen) atoms. The Morgan fingerprint density at radius 1 is 1.19 bits per heavy atom. The van der Waals surface area contributed by atoms with Crippen LogP contribution < -0.4 is 5.32 Å². The van der Waals surface area contributed by atoms with E-state index in [9.17, 15) is 9.59 Å². The fraction of sp³-hybridized carbons (Fsp3) is 0.520. The van der Waals surface area contributed by atoms with Gasteiger partial charge in [0.15, 0.2) is 0 Å². The van der Waals surface area contributed by atoms with Crippen LogP contribution in [0.4, 0.5) is 0 Å². The van der Waals surface area contributed by atoms with E-state index in [0.29, 0.717) is 30.6 Å². The third kappa shape index (κ3) is 4.28. The summed E-state index contributed by atoms with van der Waals surface area (Å²) in [5.41, 5.74) is 1.45. The summed E-state index contributed by atoms with van der Waals surface area (Å²) in [6.07, 6.45) is 3.38. The molecule has 0 radical (unpaired) electrons. The Labute approximate surface area is 188 Å². The normalized spacial score (nSPS) is 28.3. The lowest BCUT2D eigenvalue weighted by atomic mass is 9.77. The third-order valence-corrected chi connectivity index (χ3v) is 8.07. The minimum Gasteiger partial charge on any atom is -0.383 e. The number of carbonyl (C=O) groups excluding carboxylic acids is 2. The Balaban J connectivity index is 1.73. The van der Waals surface area contributed by atoms with Gasteiger partial charge in [0.05, 0.1) is 18.6 Å². The van der Waals surface area contributed by atoms with Gasteiger partial charge in [-0.3, -0.25) is 9.59 Å². The molecule has 1 aliphatic heterocycles. The summed E-state index contributed by atoms with van der Waals surface area (Å²) in [6.45, 7) is 5.40. The van der Waals surface area contributed by atoms with Crippen molar-refractivity contribution in [2.45, 2.75) is 51.1 Å². The summed E-state index contributed by atoms with van der Waals surface area (Å²) in [4.78, 5) is 30.1. The summed E-state index contributed by atoms with van der Waals surface area (Å²) in [7, 11) is 1.64. The molecule has 2 amide bonds. The van der Waals surface area contributed by atoms with Crippen molar-refractivity contribution in [2.75, 3.05) is 20.3 Å². The molecular weight excluding hydrogens is 408 g/mol. The van der Waals surface area contributed by atoms with Gasteiger partial charge < -0.3 is 15.0 Å². The van der Waals surface area contributed by atoms with E-state index >= 15 is 0 Å². The molecule has 2 heterocycles. The predicted molar refractivity (Wildman–Crippen MR) is 123 cm³/mol. The zero-order chi connectivity index (χ0) is 22.0. The number of ether oxygens (including phenoxy) is 1. The monoisotopic (exact) mass is 440 g/mol. The maximum absolute atomic E-state index is 13.8. The first kappa shape index (κ1) is 22.0. The van der Waals surface area contributed by atoms with Crippen LogP contribution in [-0.4, -0.2) is 43.0 Å². The van der Waals surface area contributed by atoms with E-state index in [4.69, 9.17) is 4.74 Å². The molecule has 0 bridgehead atoms. The highest BCUT2D eigenvalue weighted by Gasteiger charge is 2.45. The quantitative estimate of drug-likeness (QED) is 0.713. The molecule has 5 atom stereocenters. The predicted octanol–water partition coefficient (Wildman–Crippen LogP) is 4.62. The zero-order valence-electron chi connectivity index (χ0n) is 18.5. The van der Waals surface area contributed by atoms with Crippen molar-refractivity contribution in [3.05, 3.63) is 57.8 Å². The Morgan fingerprint density at radius 2 is 2.00 bits per heavy atom. The van der Waals surface area contributed by atoms with Crippen molar-refractivity contribution in [1.29, 1.82) is 0 Å². The minimum absolute atomic E-state index is 0.0201. The molecule has 1 fully saturated rings. The summed E-state index contributed by atoms with van der Waals surface area (Å²) >= 11 is 1.60. The number of carbonyl (C=O) groups is 2. The summed E-state index contributed by atoms with van der Waals surface area (Å²) < 4.78 is 5.30. The van der Waals surface area contributed by atoms with Gasteiger partial charge >= 0.3 is 0 Å². The number of methoxy groups -OCH3 is 1. The van der Waals surface area contributed by atoms with Crippen molar-refractivity contribution in [3.63, 3.8) is 0 Å². The molecule has 4 rings (SSSR count). The van der Waals surface area contributed by atoms with Crippen LogP contribution in [-0.2, 0) is 9.53 Å². The first-order valence-electron chi connectivity index (χ1n) is 11.3. The second-order valence-electron chi connectivity index (χ2n) is 8.90. The average Bonchev–Trinajstić information content (AvgIpc) is 3.30. The fourth-order valence-corrected chi connectivity index (χ4v) is 6.02. The second-order valence-corrected chi connectivity index (χ2v) is 9.88. The van der Waals surface area contributed by atoms with Crippen molar-refractivity contribution < 1.29 is 14.3 Å². The highest BCUT2D eigenvalue weighted by molar-refractivity contribution is 7.10. The van der Waals surface area contributed by atoms with Crippen molar-refractivity contribution in [1.82, 2.24) is 10.2 Å². The van der Waals surface area contributed by atoms with Gasteiger partial charge in [-0.15, -0.1) is 11.3 Å². The molecule has 6 heteroatoms. The minimum atomic E-state index is -0.436. The average molecular weight is 441 g/mol.